The van der Waals surface area contributed by atoms with Crippen LogP contribution in [0.4, 0.5) is 0 Å². The highest BCUT2D eigenvalue weighted by molar-refractivity contribution is 14.1. The molecule has 0 aromatic heterocycles. The molecule has 0 saturated carbocycles. The molecule has 23 heavy (non-hydrogen) atoms. The van der Waals surface area contributed by atoms with Gasteiger partial charge in [0.2, 0.25) is 0 Å². The van der Waals surface area contributed by atoms with Crippen LogP contribution in [0.15, 0.2) is 0 Å². The van der Waals surface area contributed by atoms with E-state index in [4.69, 9.17) is 4.74 Å². The van der Waals surface area contributed by atoms with E-state index in [0.717, 1.165) is 5.92 Å². The molecule has 0 N–H and O–H groups in total. The molecule has 0 spiro atoms. The van der Waals surface area contributed by atoms with Crippen molar-refractivity contribution in [2.45, 2.75) is 57.7 Å². The van der Waals surface area contributed by atoms with E-state index in [2.05, 4.69) is 42.7 Å². The molecule has 0 aromatic rings. The van der Waals surface area contributed by atoms with E-state index in [-0.39, 0.29) is 0 Å². The molecule has 3 heterocycles. The van der Waals surface area contributed by atoms with Gasteiger partial charge in [0.15, 0.2) is 0 Å². The summed E-state index contributed by atoms with van der Waals surface area (Å²) in [5, 5.41) is 0. The number of hydrogen-bond acceptors (Lipinski definition) is 4. The maximum Gasteiger partial charge on any atom is 0.0706 e. The zero-order chi connectivity index (χ0) is 16.1. The van der Waals surface area contributed by atoms with Crippen LogP contribution < -0.4 is 0 Å². The topological polar surface area (TPSA) is 19.0 Å². The van der Waals surface area contributed by atoms with Gasteiger partial charge in [-0.25, -0.2) is 3.11 Å². The molecule has 2 atom stereocenters. The Morgan fingerprint density at radius 2 is 1.61 bits per heavy atom. The highest BCUT2D eigenvalue weighted by atomic mass is 127. The van der Waals surface area contributed by atoms with Crippen molar-refractivity contribution in [1.82, 2.24) is 12.9 Å². The zero-order valence-corrected chi connectivity index (χ0v) is 16.9. The number of nitrogens with zero attached hydrogens (tertiary/aromatic N) is 3. The van der Waals surface area contributed by atoms with Gasteiger partial charge in [-0.05, 0) is 64.1 Å². The van der Waals surface area contributed by atoms with E-state index < -0.39 is 0 Å². The third-order valence-corrected chi connectivity index (χ3v) is 6.77. The summed E-state index contributed by atoms with van der Waals surface area (Å²) in [7, 11) is 0. The molecule has 3 fully saturated rings. The first-order valence-electron chi connectivity index (χ1n) is 9.74. The number of rotatable bonds is 5. The van der Waals surface area contributed by atoms with Crippen LogP contribution >= 0.6 is 22.9 Å². The normalized spacial score (nSPS) is 33.1. The highest BCUT2D eigenvalue weighted by Gasteiger charge is 2.28. The zero-order valence-electron chi connectivity index (χ0n) is 14.8. The molecule has 3 saturated heterocycles. The molecular weight excluding hydrogens is 401 g/mol. The third-order valence-electron chi connectivity index (χ3n) is 5.80. The second-order valence-electron chi connectivity index (χ2n) is 7.67. The smallest absolute Gasteiger partial charge is 0.0706 e. The van der Waals surface area contributed by atoms with Crippen LogP contribution in [0.2, 0.25) is 0 Å². The fraction of sp³-hybridized carbons (Fsp3) is 1.00. The van der Waals surface area contributed by atoms with Crippen molar-refractivity contribution in [2.75, 3.05) is 52.4 Å². The predicted molar refractivity (Wildman–Crippen MR) is 104 cm³/mol. The van der Waals surface area contributed by atoms with Crippen molar-refractivity contribution < 1.29 is 4.74 Å². The van der Waals surface area contributed by atoms with Crippen LogP contribution in [0, 0.1) is 5.92 Å². The van der Waals surface area contributed by atoms with Gasteiger partial charge >= 0.3 is 0 Å². The molecule has 3 aliphatic rings. The van der Waals surface area contributed by atoms with E-state index in [1.54, 1.807) is 0 Å². The molecule has 3 aliphatic heterocycles. The Morgan fingerprint density at radius 1 is 0.870 bits per heavy atom. The van der Waals surface area contributed by atoms with Crippen LogP contribution in [-0.2, 0) is 4.74 Å². The van der Waals surface area contributed by atoms with E-state index in [1.807, 2.05) is 0 Å². The monoisotopic (exact) mass is 435 g/mol. The third kappa shape index (κ3) is 5.80. The summed E-state index contributed by atoms with van der Waals surface area (Å²) in [6.07, 6.45) is 8.83. The standard InChI is InChI=1S/C18H34IN3O/c1-2-20-9-3-5-16(13-20)14-21-10-4-6-18(15-21)23-17-7-11-22(19)12-8-17/h16-18H,2-15H2,1H3. The lowest BCUT2D eigenvalue weighted by molar-refractivity contribution is -0.0648. The van der Waals surface area contributed by atoms with Gasteiger partial charge in [-0.15, -0.1) is 0 Å². The van der Waals surface area contributed by atoms with Crippen LogP contribution in [0.1, 0.15) is 45.4 Å². The van der Waals surface area contributed by atoms with Crippen LogP contribution in [0.25, 0.3) is 0 Å². The van der Waals surface area contributed by atoms with Gasteiger partial charge in [0, 0.05) is 55.6 Å². The lowest BCUT2D eigenvalue weighted by atomic mass is 9.96. The van der Waals surface area contributed by atoms with E-state index in [9.17, 15) is 0 Å². The first kappa shape index (κ1) is 18.4. The Labute approximate surface area is 156 Å². The summed E-state index contributed by atoms with van der Waals surface area (Å²) < 4.78 is 8.86. The molecular formula is C18H34IN3O. The van der Waals surface area contributed by atoms with Crippen molar-refractivity contribution in [2.24, 2.45) is 5.92 Å². The summed E-state index contributed by atoms with van der Waals surface area (Å²) in [4.78, 5) is 5.33. The van der Waals surface area contributed by atoms with E-state index in [1.165, 1.54) is 90.9 Å². The van der Waals surface area contributed by atoms with Crippen molar-refractivity contribution in [1.29, 1.82) is 0 Å². The number of halogens is 1. The van der Waals surface area contributed by atoms with E-state index in [0.29, 0.717) is 12.2 Å². The number of ether oxygens (including phenoxy) is 1. The Balaban J connectivity index is 1.41. The molecule has 0 aliphatic carbocycles. The molecule has 2 unspecified atom stereocenters. The molecule has 0 amide bonds. The highest BCUT2D eigenvalue weighted by Crippen LogP contribution is 2.24. The molecule has 0 radical (unpaired) electrons. The van der Waals surface area contributed by atoms with Gasteiger partial charge in [-0.3, -0.25) is 0 Å². The summed E-state index contributed by atoms with van der Waals surface area (Å²) in [5.74, 6) is 0.879. The fourth-order valence-corrected chi connectivity index (χ4v) is 5.03. The average molecular weight is 435 g/mol. The van der Waals surface area contributed by atoms with Crippen LogP contribution in [0.5, 0.6) is 0 Å². The minimum atomic E-state index is 0.486. The number of likely N-dealkylation sites (tertiary alicyclic amines) is 2. The van der Waals surface area contributed by atoms with Crippen molar-refractivity contribution in [3.63, 3.8) is 0 Å². The van der Waals surface area contributed by atoms with Crippen LogP contribution in [0.3, 0.4) is 0 Å². The van der Waals surface area contributed by atoms with Gasteiger partial charge in [0.1, 0.15) is 0 Å². The Kier molecular flexibility index (Phi) is 7.44. The Hall–Kier alpha value is 0.570. The van der Waals surface area contributed by atoms with Gasteiger partial charge < -0.3 is 14.5 Å². The molecule has 5 heteroatoms. The summed E-state index contributed by atoms with van der Waals surface area (Å²) in [5.41, 5.74) is 0. The van der Waals surface area contributed by atoms with Gasteiger partial charge in [-0.1, -0.05) is 6.92 Å². The fourth-order valence-electron chi connectivity index (χ4n) is 4.48. The maximum atomic E-state index is 6.46. The largest absolute Gasteiger partial charge is 0.374 e. The Morgan fingerprint density at radius 3 is 2.39 bits per heavy atom. The molecule has 0 bridgehead atoms. The lowest BCUT2D eigenvalue weighted by Gasteiger charge is -2.39. The summed E-state index contributed by atoms with van der Waals surface area (Å²) in [6, 6.07) is 0. The minimum Gasteiger partial charge on any atom is -0.374 e. The molecule has 134 valence electrons. The van der Waals surface area contributed by atoms with Gasteiger partial charge in [0.25, 0.3) is 0 Å². The Bertz CT molecular complexity index is 349. The van der Waals surface area contributed by atoms with Crippen LogP contribution in [-0.4, -0.2) is 77.5 Å². The average Bonchev–Trinajstić information content (AvgIpc) is 2.57. The van der Waals surface area contributed by atoms with E-state index >= 15 is 0 Å². The molecule has 3 rings (SSSR count). The molecule has 4 nitrogen and oxygen atoms in total. The molecule has 0 aromatic carbocycles. The second kappa shape index (κ2) is 9.32. The van der Waals surface area contributed by atoms with Crippen molar-refractivity contribution >= 4 is 22.9 Å². The maximum absolute atomic E-state index is 6.46. The van der Waals surface area contributed by atoms with Gasteiger partial charge in [-0.2, -0.15) is 0 Å². The summed E-state index contributed by atoms with van der Waals surface area (Å²) in [6.45, 7) is 12.3. The predicted octanol–water partition coefficient (Wildman–Crippen LogP) is 3.01. The minimum absolute atomic E-state index is 0.486. The SMILES string of the molecule is CCN1CCCC(CN2CCCC(OC3CCN(I)CC3)C2)C1. The number of piperidine rings is 3. The second-order valence-corrected chi connectivity index (χ2v) is 9.04. The quantitative estimate of drug-likeness (QED) is 0.488. The van der Waals surface area contributed by atoms with Gasteiger partial charge in [0.05, 0.1) is 12.2 Å². The van der Waals surface area contributed by atoms with Crippen molar-refractivity contribution in [3.8, 4) is 0 Å². The lowest BCUT2D eigenvalue weighted by Crippen LogP contribution is -2.47. The summed E-state index contributed by atoms with van der Waals surface area (Å²) >= 11 is 2.44. The number of hydrogen-bond donors (Lipinski definition) is 0. The first-order chi connectivity index (χ1) is 11.2. The first-order valence-corrected chi connectivity index (χ1v) is 10.7. The van der Waals surface area contributed by atoms with Crippen molar-refractivity contribution in [3.05, 3.63) is 0 Å².